The van der Waals surface area contributed by atoms with Crippen LogP contribution in [0.4, 0.5) is 5.69 Å². The molecular weight excluding hydrogens is 304 g/mol. The fourth-order valence-corrected chi connectivity index (χ4v) is 4.27. The number of sulfone groups is 1. The summed E-state index contributed by atoms with van der Waals surface area (Å²) in [6.07, 6.45) is 0.722. The van der Waals surface area contributed by atoms with Gasteiger partial charge >= 0.3 is 0 Å². The van der Waals surface area contributed by atoms with Crippen molar-refractivity contribution in [3.05, 3.63) is 29.8 Å². The number of likely N-dealkylation sites (N-methyl/N-ethyl adjacent to an activating group) is 1. The summed E-state index contributed by atoms with van der Waals surface area (Å²) >= 11 is 0. The van der Waals surface area contributed by atoms with E-state index in [-0.39, 0.29) is 35.8 Å². The number of carbonyl (C=O) groups is 2. The van der Waals surface area contributed by atoms with Gasteiger partial charge in [-0.05, 0) is 24.1 Å². The van der Waals surface area contributed by atoms with Crippen molar-refractivity contribution in [1.29, 1.82) is 0 Å². The molecule has 0 aliphatic carbocycles. The van der Waals surface area contributed by atoms with Gasteiger partial charge in [0.2, 0.25) is 11.8 Å². The van der Waals surface area contributed by atoms with Crippen LogP contribution in [0.25, 0.3) is 0 Å². The Morgan fingerprint density at radius 1 is 1.27 bits per heavy atom. The predicted molar refractivity (Wildman–Crippen MR) is 84.3 cm³/mol. The van der Waals surface area contributed by atoms with E-state index in [9.17, 15) is 18.0 Å². The number of carbonyl (C=O) groups excluding carboxylic acids is 2. The molecule has 1 heterocycles. The first-order valence-corrected chi connectivity index (χ1v) is 8.91. The number of hydrogen-bond donors (Lipinski definition) is 1. The van der Waals surface area contributed by atoms with Crippen molar-refractivity contribution in [1.82, 2.24) is 4.90 Å². The highest BCUT2D eigenvalue weighted by Gasteiger charge is 2.32. The van der Waals surface area contributed by atoms with Gasteiger partial charge in [0.05, 0.1) is 17.9 Å². The highest BCUT2D eigenvalue weighted by Crippen LogP contribution is 2.18. The van der Waals surface area contributed by atoms with Crippen LogP contribution in [0.1, 0.15) is 18.9 Å². The molecule has 6 nitrogen and oxygen atoms in total. The second-order valence-electron chi connectivity index (χ2n) is 5.62. The number of benzene rings is 1. The highest BCUT2D eigenvalue weighted by atomic mass is 32.2. The van der Waals surface area contributed by atoms with Crippen molar-refractivity contribution in [2.45, 2.75) is 25.8 Å². The first-order chi connectivity index (χ1) is 10.3. The van der Waals surface area contributed by atoms with E-state index in [2.05, 4.69) is 5.32 Å². The van der Waals surface area contributed by atoms with Gasteiger partial charge < -0.3 is 10.2 Å². The van der Waals surface area contributed by atoms with Gasteiger partial charge in [-0.15, -0.1) is 0 Å². The maximum atomic E-state index is 12.2. The summed E-state index contributed by atoms with van der Waals surface area (Å²) < 4.78 is 23.0. The lowest BCUT2D eigenvalue weighted by atomic mass is 10.1. The first kappa shape index (κ1) is 16.5. The summed E-state index contributed by atoms with van der Waals surface area (Å²) in [4.78, 5) is 24.7. The minimum Gasteiger partial charge on any atom is -0.341 e. The standard InChI is InChI=1S/C15H20N2O4S/c1-11(18)16-13-5-3-12(4-6-13)9-15(19)17(2)14-7-8-22(20,21)10-14/h3-6,14H,7-10H2,1-2H3,(H,16,18). The Morgan fingerprint density at radius 2 is 1.91 bits per heavy atom. The fourth-order valence-electron chi connectivity index (χ4n) is 2.49. The normalized spacial score (nSPS) is 19.6. The van der Waals surface area contributed by atoms with Crippen molar-refractivity contribution in [2.24, 2.45) is 0 Å². The molecule has 0 bridgehead atoms. The van der Waals surface area contributed by atoms with Crippen molar-refractivity contribution in [3.63, 3.8) is 0 Å². The highest BCUT2D eigenvalue weighted by molar-refractivity contribution is 7.91. The Labute approximate surface area is 130 Å². The molecule has 1 N–H and O–H groups in total. The average molecular weight is 324 g/mol. The molecule has 1 aromatic carbocycles. The monoisotopic (exact) mass is 324 g/mol. The average Bonchev–Trinajstić information content (AvgIpc) is 2.80. The van der Waals surface area contributed by atoms with Crippen LogP contribution in [0.5, 0.6) is 0 Å². The number of anilines is 1. The van der Waals surface area contributed by atoms with Gasteiger partial charge in [0, 0.05) is 25.7 Å². The van der Waals surface area contributed by atoms with E-state index in [0.29, 0.717) is 12.1 Å². The molecule has 1 aliphatic heterocycles. The lowest BCUT2D eigenvalue weighted by Gasteiger charge is -2.23. The summed E-state index contributed by atoms with van der Waals surface area (Å²) in [5.41, 5.74) is 1.51. The maximum absolute atomic E-state index is 12.2. The Morgan fingerprint density at radius 3 is 2.41 bits per heavy atom. The fraction of sp³-hybridized carbons (Fsp3) is 0.467. The van der Waals surface area contributed by atoms with Gasteiger partial charge in [0.15, 0.2) is 9.84 Å². The molecule has 2 amide bonds. The van der Waals surface area contributed by atoms with Crippen LogP contribution in [0, 0.1) is 0 Å². The molecule has 1 atom stereocenters. The zero-order valence-corrected chi connectivity index (χ0v) is 13.5. The molecule has 22 heavy (non-hydrogen) atoms. The molecule has 1 saturated heterocycles. The van der Waals surface area contributed by atoms with Crippen LogP contribution in [0.15, 0.2) is 24.3 Å². The number of rotatable bonds is 4. The van der Waals surface area contributed by atoms with E-state index in [1.54, 1.807) is 31.3 Å². The minimum atomic E-state index is -3.00. The predicted octanol–water partition coefficient (Wildman–Crippen LogP) is 0.833. The van der Waals surface area contributed by atoms with Gasteiger partial charge in [-0.25, -0.2) is 8.42 Å². The zero-order chi connectivity index (χ0) is 16.3. The van der Waals surface area contributed by atoms with Crippen LogP contribution in [-0.2, 0) is 25.8 Å². The summed E-state index contributed by atoms with van der Waals surface area (Å²) in [7, 11) is -1.35. The molecule has 1 aliphatic rings. The van der Waals surface area contributed by atoms with Crippen LogP contribution >= 0.6 is 0 Å². The Bertz CT molecular complexity index is 667. The Hall–Kier alpha value is -1.89. The third-order valence-corrected chi connectivity index (χ3v) is 5.53. The van der Waals surface area contributed by atoms with Gasteiger partial charge in [-0.1, -0.05) is 12.1 Å². The summed E-state index contributed by atoms with van der Waals surface area (Å²) in [5, 5.41) is 2.66. The molecule has 120 valence electrons. The SMILES string of the molecule is CC(=O)Nc1ccc(CC(=O)N(C)C2CCS(=O)(=O)C2)cc1. The van der Waals surface area contributed by atoms with Gasteiger partial charge in [0.1, 0.15) is 0 Å². The summed E-state index contributed by atoms with van der Waals surface area (Å²) in [6.45, 7) is 1.43. The van der Waals surface area contributed by atoms with Crippen LogP contribution in [-0.4, -0.2) is 49.7 Å². The molecule has 0 spiro atoms. The third-order valence-electron chi connectivity index (χ3n) is 3.78. The molecule has 0 saturated carbocycles. The first-order valence-electron chi connectivity index (χ1n) is 7.09. The lowest BCUT2D eigenvalue weighted by molar-refractivity contribution is -0.130. The molecule has 7 heteroatoms. The van der Waals surface area contributed by atoms with E-state index in [0.717, 1.165) is 5.56 Å². The van der Waals surface area contributed by atoms with E-state index in [4.69, 9.17) is 0 Å². The number of nitrogens with zero attached hydrogens (tertiary/aromatic N) is 1. The van der Waals surface area contributed by atoms with Crippen LogP contribution in [0.3, 0.4) is 0 Å². The van der Waals surface area contributed by atoms with Crippen molar-refractivity contribution in [3.8, 4) is 0 Å². The Balaban J connectivity index is 1.95. The topological polar surface area (TPSA) is 83.6 Å². The summed E-state index contributed by atoms with van der Waals surface area (Å²) in [6, 6.07) is 6.81. The van der Waals surface area contributed by atoms with Crippen molar-refractivity contribution < 1.29 is 18.0 Å². The van der Waals surface area contributed by atoms with Crippen molar-refractivity contribution in [2.75, 3.05) is 23.9 Å². The number of amides is 2. The second kappa shape index (κ2) is 6.48. The number of hydrogen-bond acceptors (Lipinski definition) is 4. The molecule has 1 aromatic rings. The summed E-state index contributed by atoms with van der Waals surface area (Å²) in [5.74, 6) is -0.0439. The van der Waals surface area contributed by atoms with E-state index >= 15 is 0 Å². The molecular formula is C15H20N2O4S. The third kappa shape index (κ3) is 4.30. The minimum absolute atomic E-state index is 0.0523. The maximum Gasteiger partial charge on any atom is 0.227 e. The number of nitrogens with one attached hydrogen (secondary N) is 1. The van der Waals surface area contributed by atoms with E-state index < -0.39 is 9.84 Å². The molecule has 0 radical (unpaired) electrons. The van der Waals surface area contributed by atoms with Crippen molar-refractivity contribution >= 4 is 27.3 Å². The van der Waals surface area contributed by atoms with Gasteiger partial charge in [-0.2, -0.15) is 0 Å². The molecule has 1 unspecified atom stereocenters. The second-order valence-corrected chi connectivity index (χ2v) is 7.85. The quantitative estimate of drug-likeness (QED) is 0.889. The van der Waals surface area contributed by atoms with Gasteiger partial charge in [0.25, 0.3) is 0 Å². The molecule has 0 aromatic heterocycles. The van der Waals surface area contributed by atoms with E-state index in [1.807, 2.05) is 0 Å². The van der Waals surface area contributed by atoms with E-state index in [1.165, 1.54) is 11.8 Å². The molecule has 2 rings (SSSR count). The largest absolute Gasteiger partial charge is 0.341 e. The van der Waals surface area contributed by atoms with Crippen LogP contribution in [0.2, 0.25) is 0 Å². The smallest absolute Gasteiger partial charge is 0.227 e. The molecule has 1 fully saturated rings. The van der Waals surface area contributed by atoms with Crippen LogP contribution < -0.4 is 5.32 Å². The Kier molecular flexibility index (Phi) is 4.85. The zero-order valence-electron chi connectivity index (χ0n) is 12.7. The lowest BCUT2D eigenvalue weighted by Crippen LogP contribution is -2.38. The van der Waals surface area contributed by atoms with Gasteiger partial charge in [-0.3, -0.25) is 9.59 Å².